The molecule has 0 aliphatic heterocycles. The molecule has 16 heavy (non-hydrogen) atoms. The Hall–Kier alpha value is -0.610. The molecule has 2 atom stereocenters. The summed E-state index contributed by atoms with van der Waals surface area (Å²) < 4.78 is 0. The summed E-state index contributed by atoms with van der Waals surface area (Å²) in [4.78, 5) is 11.8. The minimum absolute atomic E-state index is 0.00881. The van der Waals surface area contributed by atoms with Crippen LogP contribution in [-0.4, -0.2) is 35.2 Å². The maximum atomic E-state index is 11.8. The van der Waals surface area contributed by atoms with Crippen molar-refractivity contribution in [3.05, 3.63) is 0 Å². The molecule has 0 heterocycles. The van der Waals surface area contributed by atoms with E-state index in [9.17, 15) is 4.79 Å². The second-order valence-corrected chi connectivity index (χ2v) is 4.90. The fourth-order valence-electron chi connectivity index (χ4n) is 1.26. The highest BCUT2D eigenvalue weighted by Crippen LogP contribution is 2.07. The fraction of sp³-hybridized carbons (Fsp3) is 0.917. The van der Waals surface area contributed by atoms with Gasteiger partial charge in [-0.15, -0.1) is 0 Å². The van der Waals surface area contributed by atoms with Crippen molar-refractivity contribution in [1.29, 1.82) is 0 Å². The van der Waals surface area contributed by atoms with Crippen molar-refractivity contribution in [2.24, 2.45) is 0 Å². The average Bonchev–Trinajstić information content (AvgIpc) is 2.24. The molecule has 0 rings (SSSR count). The van der Waals surface area contributed by atoms with Gasteiger partial charge in [0.2, 0.25) is 5.91 Å². The lowest BCUT2D eigenvalue weighted by atomic mass is 10.0. The molecule has 96 valence electrons. The lowest BCUT2D eigenvalue weighted by Crippen LogP contribution is -2.53. The van der Waals surface area contributed by atoms with E-state index in [0.29, 0.717) is 0 Å². The number of hydrogen-bond donors (Lipinski definition) is 3. The highest BCUT2D eigenvalue weighted by Gasteiger charge is 2.22. The van der Waals surface area contributed by atoms with Gasteiger partial charge in [0.15, 0.2) is 0 Å². The van der Waals surface area contributed by atoms with Crippen molar-refractivity contribution in [2.45, 2.75) is 65.1 Å². The van der Waals surface area contributed by atoms with Crippen LogP contribution >= 0.6 is 0 Å². The van der Waals surface area contributed by atoms with Crippen LogP contribution in [0.15, 0.2) is 0 Å². The number of aliphatic hydroxyl groups is 1. The maximum absolute atomic E-state index is 11.8. The van der Waals surface area contributed by atoms with Gasteiger partial charge in [0.05, 0.1) is 12.6 Å². The molecule has 0 aromatic heterocycles. The molecule has 0 fully saturated rings. The highest BCUT2D eigenvalue weighted by atomic mass is 16.3. The molecule has 2 unspecified atom stereocenters. The predicted molar refractivity (Wildman–Crippen MR) is 66.3 cm³/mol. The van der Waals surface area contributed by atoms with Gasteiger partial charge < -0.3 is 15.7 Å². The van der Waals surface area contributed by atoms with E-state index in [1.54, 1.807) is 0 Å². The number of aliphatic hydroxyl groups excluding tert-OH is 1. The van der Waals surface area contributed by atoms with Crippen molar-refractivity contribution in [1.82, 2.24) is 10.6 Å². The van der Waals surface area contributed by atoms with Crippen molar-refractivity contribution in [3.63, 3.8) is 0 Å². The number of nitrogens with one attached hydrogen (secondary N) is 2. The fourth-order valence-corrected chi connectivity index (χ4v) is 1.26. The zero-order chi connectivity index (χ0) is 12.8. The van der Waals surface area contributed by atoms with E-state index < -0.39 is 0 Å². The highest BCUT2D eigenvalue weighted by molar-refractivity contribution is 5.82. The minimum atomic E-state index is -0.275. The van der Waals surface area contributed by atoms with Crippen LogP contribution < -0.4 is 10.6 Å². The molecule has 3 N–H and O–H groups in total. The van der Waals surface area contributed by atoms with Crippen LogP contribution in [0.4, 0.5) is 0 Å². The van der Waals surface area contributed by atoms with Gasteiger partial charge in [0, 0.05) is 11.6 Å². The van der Waals surface area contributed by atoms with Gasteiger partial charge in [0.1, 0.15) is 0 Å². The number of carbonyl (C=O) groups excluding carboxylic acids is 1. The Balaban J connectivity index is 4.18. The van der Waals surface area contributed by atoms with Crippen molar-refractivity contribution < 1.29 is 9.90 Å². The molecule has 0 aromatic rings. The van der Waals surface area contributed by atoms with E-state index in [1.807, 2.05) is 34.6 Å². The third-order valence-electron chi connectivity index (χ3n) is 2.94. The third kappa shape index (κ3) is 5.47. The molecule has 0 aliphatic rings. The first-order valence-electron chi connectivity index (χ1n) is 6.05. The molecule has 0 aliphatic carbocycles. The number of amides is 1. The zero-order valence-electron chi connectivity index (χ0n) is 11.1. The van der Waals surface area contributed by atoms with E-state index in [0.717, 1.165) is 12.8 Å². The lowest BCUT2D eigenvalue weighted by Gasteiger charge is -2.28. The van der Waals surface area contributed by atoms with Gasteiger partial charge >= 0.3 is 0 Å². The Labute approximate surface area is 98.8 Å². The monoisotopic (exact) mass is 230 g/mol. The number of carbonyl (C=O) groups is 1. The van der Waals surface area contributed by atoms with Crippen LogP contribution in [0.3, 0.4) is 0 Å². The smallest absolute Gasteiger partial charge is 0.237 e. The number of hydrogen-bond acceptors (Lipinski definition) is 3. The first-order chi connectivity index (χ1) is 7.36. The van der Waals surface area contributed by atoms with Crippen molar-refractivity contribution >= 4 is 5.91 Å². The van der Waals surface area contributed by atoms with Crippen LogP contribution in [0.2, 0.25) is 0 Å². The summed E-state index contributed by atoms with van der Waals surface area (Å²) in [5.41, 5.74) is -0.173. The summed E-state index contributed by atoms with van der Waals surface area (Å²) >= 11 is 0. The van der Waals surface area contributed by atoms with Crippen LogP contribution in [0.1, 0.15) is 47.5 Å². The SMILES string of the molecule is CCC(CO)NC(C)C(=O)NC(C)(C)CC. The van der Waals surface area contributed by atoms with Gasteiger partial charge in [-0.3, -0.25) is 4.79 Å². The van der Waals surface area contributed by atoms with Gasteiger partial charge in [-0.1, -0.05) is 13.8 Å². The van der Waals surface area contributed by atoms with Gasteiger partial charge in [0.25, 0.3) is 0 Å². The first-order valence-corrected chi connectivity index (χ1v) is 6.05. The summed E-state index contributed by atoms with van der Waals surface area (Å²) in [6.45, 7) is 9.90. The zero-order valence-corrected chi connectivity index (χ0v) is 11.1. The van der Waals surface area contributed by atoms with Crippen LogP contribution in [0.25, 0.3) is 0 Å². The molecule has 0 saturated heterocycles. The van der Waals surface area contributed by atoms with Crippen molar-refractivity contribution in [3.8, 4) is 0 Å². The Morgan fingerprint density at radius 2 is 1.94 bits per heavy atom. The molecule has 0 aromatic carbocycles. The molecular formula is C12H26N2O2. The molecule has 4 nitrogen and oxygen atoms in total. The normalized spacial score (nSPS) is 15.6. The quantitative estimate of drug-likeness (QED) is 0.612. The summed E-state index contributed by atoms with van der Waals surface area (Å²) in [7, 11) is 0. The lowest BCUT2D eigenvalue weighted by molar-refractivity contribution is -0.124. The van der Waals surface area contributed by atoms with Crippen LogP contribution in [-0.2, 0) is 4.79 Å². The second kappa shape index (κ2) is 6.86. The molecule has 0 spiro atoms. The van der Waals surface area contributed by atoms with Crippen LogP contribution in [0, 0.1) is 0 Å². The Bertz CT molecular complexity index is 213. The third-order valence-corrected chi connectivity index (χ3v) is 2.94. The molecule has 0 bridgehead atoms. The van der Waals surface area contributed by atoms with E-state index in [4.69, 9.17) is 5.11 Å². The first kappa shape index (κ1) is 15.4. The molecule has 4 heteroatoms. The standard InChI is InChI=1S/C12H26N2O2/c1-6-10(8-15)13-9(3)11(16)14-12(4,5)7-2/h9-10,13,15H,6-8H2,1-5H3,(H,14,16). The summed E-state index contributed by atoms with van der Waals surface area (Å²) in [6, 6.07) is -0.284. The minimum Gasteiger partial charge on any atom is -0.395 e. The molecule has 1 amide bonds. The number of rotatable bonds is 7. The molecular weight excluding hydrogens is 204 g/mol. The Morgan fingerprint density at radius 3 is 2.31 bits per heavy atom. The van der Waals surface area contributed by atoms with Gasteiger partial charge in [-0.05, 0) is 33.6 Å². The van der Waals surface area contributed by atoms with E-state index >= 15 is 0 Å². The molecule has 0 radical (unpaired) electrons. The summed E-state index contributed by atoms with van der Waals surface area (Å²) in [5, 5.41) is 15.1. The van der Waals surface area contributed by atoms with Crippen LogP contribution in [0.5, 0.6) is 0 Å². The largest absolute Gasteiger partial charge is 0.395 e. The Morgan fingerprint density at radius 1 is 1.38 bits per heavy atom. The van der Waals surface area contributed by atoms with Gasteiger partial charge in [-0.25, -0.2) is 0 Å². The second-order valence-electron chi connectivity index (χ2n) is 4.90. The summed E-state index contributed by atoms with van der Waals surface area (Å²) in [6.07, 6.45) is 1.70. The topological polar surface area (TPSA) is 61.4 Å². The maximum Gasteiger partial charge on any atom is 0.237 e. The Kier molecular flexibility index (Phi) is 6.60. The average molecular weight is 230 g/mol. The van der Waals surface area contributed by atoms with Crippen molar-refractivity contribution in [2.75, 3.05) is 6.61 Å². The van der Waals surface area contributed by atoms with E-state index in [1.165, 1.54) is 0 Å². The van der Waals surface area contributed by atoms with Gasteiger partial charge in [-0.2, -0.15) is 0 Å². The summed E-state index contributed by atoms with van der Waals surface area (Å²) in [5.74, 6) is -0.0150. The predicted octanol–water partition coefficient (Wildman–Crippen LogP) is 1.04. The van der Waals surface area contributed by atoms with E-state index in [-0.39, 0.29) is 30.1 Å². The van der Waals surface area contributed by atoms with E-state index in [2.05, 4.69) is 10.6 Å². The molecule has 0 saturated carbocycles.